The van der Waals surface area contributed by atoms with Crippen molar-refractivity contribution in [3.05, 3.63) is 37.8 Å². The zero-order valence-electron chi connectivity index (χ0n) is 8.15. The SMILES string of the molecule is O=C(O)Cc1c([N+](=O)[O-])c(C(F)F)c[nH]c1=O. The molecular formula is C8H6F2N2O5. The Kier molecular flexibility index (Phi) is 3.51. The smallest absolute Gasteiger partial charge is 0.308 e. The molecule has 0 saturated carbocycles. The first-order valence-electron chi connectivity index (χ1n) is 4.23. The van der Waals surface area contributed by atoms with Crippen LogP contribution in [0.4, 0.5) is 14.5 Å². The van der Waals surface area contributed by atoms with Gasteiger partial charge in [-0.1, -0.05) is 0 Å². The molecule has 0 unspecified atom stereocenters. The number of carboxylic acids is 1. The summed E-state index contributed by atoms with van der Waals surface area (Å²) in [4.78, 5) is 32.9. The van der Waals surface area contributed by atoms with Crippen LogP contribution in [-0.4, -0.2) is 21.0 Å². The molecule has 9 heteroatoms. The maximum absolute atomic E-state index is 12.5. The Balaban J connectivity index is 3.54. The van der Waals surface area contributed by atoms with Crippen LogP contribution in [0.25, 0.3) is 0 Å². The summed E-state index contributed by atoms with van der Waals surface area (Å²) in [5.74, 6) is -1.52. The molecule has 0 aliphatic rings. The molecular weight excluding hydrogens is 242 g/mol. The number of nitrogens with one attached hydrogen (secondary N) is 1. The number of carboxylic acid groups (broad SMARTS) is 1. The van der Waals surface area contributed by atoms with Crippen LogP contribution in [0, 0.1) is 10.1 Å². The molecule has 1 aromatic rings. The molecule has 17 heavy (non-hydrogen) atoms. The molecule has 2 N–H and O–H groups in total. The van der Waals surface area contributed by atoms with Gasteiger partial charge in [0.2, 0.25) is 0 Å². The monoisotopic (exact) mass is 248 g/mol. The lowest BCUT2D eigenvalue weighted by Gasteiger charge is -2.04. The number of aliphatic carboxylic acids is 1. The predicted octanol–water partition coefficient (Wildman–Crippen LogP) is 0.848. The lowest BCUT2D eigenvalue weighted by Crippen LogP contribution is -2.20. The highest BCUT2D eigenvalue weighted by Crippen LogP contribution is 2.29. The van der Waals surface area contributed by atoms with Crippen molar-refractivity contribution >= 4 is 11.7 Å². The van der Waals surface area contributed by atoms with Gasteiger partial charge in [-0.05, 0) is 0 Å². The van der Waals surface area contributed by atoms with Crippen LogP contribution in [0.15, 0.2) is 11.0 Å². The molecule has 1 heterocycles. The minimum absolute atomic E-state index is 0.510. The highest BCUT2D eigenvalue weighted by atomic mass is 19.3. The summed E-state index contributed by atoms with van der Waals surface area (Å²) < 4.78 is 24.9. The summed E-state index contributed by atoms with van der Waals surface area (Å²) >= 11 is 0. The second-order valence-corrected chi connectivity index (χ2v) is 3.03. The summed E-state index contributed by atoms with van der Waals surface area (Å²) in [6, 6.07) is 0. The van der Waals surface area contributed by atoms with Crippen LogP contribution in [0.1, 0.15) is 17.6 Å². The van der Waals surface area contributed by atoms with Crippen molar-refractivity contribution in [1.29, 1.82) is 0 Å². The molecule has 0 amide bonds. The standard InChI is InChI=1S/C8H6F2N2O5/c9-7(10)4-2-11-8(15)3(1-5(13)14)6(4)12(16)17/h2,7H,1H2,(H,11,15)(H,13,14). The minimum Gasteiger partial charge on any atom is -0.481 e. The largest absolute Gasteiger partial charge is 0.481 e. The maximum atomic E-state index is 12.5. The predicted molar refractivity (Wildman–Crippen MR) is 50.0 cm³/mol. The minimum atomic E-state index is -3.18. The number of nitrogens with zero attached hydrogens (tertiary/aromatic N) is 1. The summed E-state index contributed by atoms with van der Waals surface area (Å²) in [7, 11) is 0. The Morgan fingerprint density at radius 1 is 1.59 bits per heavy atom. The molecule has 0 bridgehead atoms. The van der Waals surface area contributed by atoms with Crippen LogP contribution >= 0.6 is 0 Å². The molecule has 7 nitrogen and oxygen atoms in total. The van der Waals surface area contributed by atoms with Crippen LogP contribution in [0.5, 0.6) is 0 Å². The Labute approximate surface area is 91.8 Å². The summed E-state index contributed by atoms with van der Waals surface area (Å²) in [5, 5.41) is 19.1. The number of hydrogen-bond donors (Lipinski definition) is 2. The van der Waals surface area contributed by atoms with E-state index in [-0.39, 0.29) is 0 Å². The van der Waals surface area contributed by atoms with Crippen molar-refractivity contribution < 1.29 is 23.6 Å². The third-order valence-electron chi connectivity index (χ3n) is 1.94. The van der Waals surface area contributed by atoms with Gasteiger partial charge in [0.15, 0.2) is 0 Å². The van der Waals surface area contributed by atoms with Gasteiger partial charge in [0.05, 0.1) is 11.3 Å². The zero-order chi connectivity index (χ0) is 13.2. The van der Waals surface area contributed by atoms with Gasteiger partial charge >= 0.3 is 5.97 Å². The van der Waals surface area contributed by atoms with E-state index in [1.165, 1.54) is 0 Å². The fourth-order valence-electron chi connectivity index (χ4n) is 1.28. The molecule has 0 spiro atoms. The average molecular weight is 248 g/mol. The van der Waals surface area contributed by atoms with Crippen molar-refractivity contribution in [1.82, 2.24) is 4.98 Å². The molecule has 0 aromatic carbocycles. The van der Waals surface area contributed by atoms with E-state index < -0.39 is 46.1 Å². The van der Waals surface area contributed by atoms with Crippen LogP contribution in [0.3, 0.4) is 0 Å². The van der Waals surface area contributed by atoms with Gasteiger partial charge in [-0.15, -0.1) is 0 Å². The third kappa shape index (κ3) is 2.62. The first-order chi connectivity index (χ1) is 7.84. The van der Waals surface area contributed by atoms with E-state index in [2.05, 4.69) is 0 Å². The first-order valence-corrected chi connectivity index (χ1v) is 4.23. The Bertz CT molecular complexity index is 525. The van der Waals surface area contributed by atoms with E-state index in [9.17, 15) is 28.5 Å². The van der Waals surface area contributed by atoms with Crippen molar-refractivity contribution in [2.75, 3.05) is 0 Å². The average Bonchev–Trinajstić information content (AvgIpc) is 2.19. The normalized spacial score (nSPS) is 10.5. The number of hydrogen-bond acceptors (Lipinski definition) is 4. The number of halogens is 2. The summed E-state index contributed by atoms with van der Waals surface area (Å²) in [6.45, 7) is 0. The van der Waals surface area contributed by atoms with Gasteiger partial charge in [0.25, 0.3) is 17.7 Å². The third-order valence-corrected chi connectivity index (χ3v) is 1.94. The molecule has 0 atom stereocenters. The van der Waals surface area contributed by atoms with Gasteiger partial charge in [-0.2, -0.15) is 0 Å². The molecule has 0 aliphatic heterocycles. The maximum Gasteiger partial charge on any atom is 0.308 e. The highest BCUT2D eigenvalue weighted by Gasteiger charge is 2.29. The van der Waals surface area contributed by atoms with Crippen molar-refractivity contribution in [2.45, 2.75) is 12.8 Å². The quantitative estimate of drug-likeness (QED) is 0.605. The number of carbonyl (C=O) groups is 1. The van der Waals surface area contributed by atoms with Crippen LogP contribution in [-0.2, 0) is 11.2 Å². The number of alkyl halides is 2. The summed E-state index contributed by atoms with van der Waals surface area (Å²) in [5.41, 5.74) is -4.01. The number of H-pyrrole nitrogens is 1. The van der Waals surface area contributed by atoms with Gasteiger partial charge < -0.3 is 10.1 Å². The second kappa shape index (κ2) is 4.68. The molecule has 0 fully saturated rings. The fraction of sp³-hybridized carbons (Fsp3) is 0.250. The molecule has 0 aliphatic carbocycles. The summed E-state index contributed by atoms with van der Waals surface area (Å²) in [6.07, 6.45) is -3.66. The topological polar surface area (TPSA) is 113 Å². The number of aromatic amines is 1. The van der Waals surface area contributed by atoms with Gasteiger partial charge in [0.1, 0.15) is 11.1 Å². The van der Waals surface area contributed by atoms with Gasteiger partial charge in [-0.3, -0.25) is 19.7 Å². The first kappa shape index (κ1) is 12.7. The highest BCUT2D eigenvalue weighted by molar-refractivity contribution is 5.72. The fourth-order valence-corrected chi connectivity index (χ4v) is 1.28. The molecule has 92 valence electrons. The van der Waals surface area contributed by atoms with Gasteiger partial charge in [0, 0.05) is 6.20 Å². The Morgan fingerprint density at radius 2 is 2.18 bits per heavy atom. The van der Waals surface area contributed by atoms with E-state index in [4.69, 9.17) is 5.11 Å². The van der Waals surface area contributed by atoms with Crippen LogP contribution < -0.4 is 5.56 Å². The van der Waals surface area contributed by atoms with Crippen molar-refractivity contribution in [3.8, 4) is 0 Å². The lowest BCUT2D eigenvalue weighted by atomic mass is 10.1. The zero-order valence-corrected chi connectivity index (χ0v) is 8.15. The molecule has 0 saturated heterocycles. The van der Waals surface area contributed by atoms with E-state index in [0.717, 1.165) is 0 Å². The van der Waals surface area contributed by atoms with Crippen LogP contribution in [0.2, 0.25) is 0 Å². The number of nitro groups is 1. The number of aromatic nitrogens is 1. The Morgan fingerprint density at radius 3 is 2.59 bits per heavy atom. The molecule has 0 radical (unpaired) electrons. The second-order valence-electron chi connectivity index (χ2n) is 3.03. The van der Waals surface area contributed by atoms with E-state index >= 15 is 0 Å². The van der Waals surface area contributed by atoms with Crippen molar-refractivity contribution in [3.63, 3.8) is 0 Å². The van der Waals surface area contributed by atoms with E-state index in [1.54, 1.807) is 0 Å². The van der Waals surface area contributed by atoms with E-state index in [1.807, 2.05) is 4.98 Å². The number of pyridine rings is 1. The number of rotatable bonds is 4. The van der Waals surface area contributed by atoms with Crippen molar-refractivity contribution in [2.24, 2.45) is 0 Å². The lowest BCUT2D eigenvalue weighted by molar-refractivity contribution is -0.387. The van der Waals surface area contributed by atoms with E-state index in [0.29, 0.717) is 6.20 Å². The Hall–Kier alpha value is -2.32. The molecule has 1 aromatic heterocycles. The van der Waals surface area contributed by atoms with Gasteiger partial charge in [-0.25, -0.2) is 8.78 Å². The molecule has 1 rings (SSSR count).